The van der Waals surface area contributed by atoms with Crippen LogP contribution >= 0.6 is 22.6 Å². The fraction of sp³-hybridized carbons (Fsp3) is 0.400. The molecule has 0 saturated carbocycles. The van der Waals surface area contributed by atoms with Crippen molar-refractivity contribution in [3.05, 3.63) is 51.1 Å². The number of halogens is 1. The molecule has 0 amide bonds. The fourth-order valence-electron chi connectivity index (χ4n) is 2.31. The highest BCUT2D eigenvalue weighted by Crippen LogP contribution is 2.25. The van der Waals surface area contributed by atoms with Gasteiger partial charge in [0.2, 0.25) is 0 Å². The number of hydrogen-bond acceptors (Lipinski definition) is 2. The molecule has 1 unspecified atom stereocenters. The van der Waals surface area contributed by atoms with Crippen LogP contribution in [-0.4, -0.2) is 16.6 Å². The van der Waals surface area contributed by atoms with Crippen molar-refractivity contribution < 1.29 is 0 Å². The van der Waals surface area contributed by atoms with Crippen LogP contribution in [0.2, 0.25) is 0 Å². The van der Waals surface area contributed by atoms with Gasteiger partial charge in [-0.15, -0.1) is 0 Å². The van der Waals surface area contributed by atoms with Crippen LogP contribution in [0.4, 0.5) is 0 Å². The first kappa shape index (κ1) is 14.5. The summed E-state index contributed by atoms with van der Waals surface area (Å²) in [6.45, 7) is 2.16. The molecular formula is C15H20IN3. The molecule has 0 aliphatic heterocycles. The Morgan fingerprint density at radius 2 is 2.21 bits per heavy atom. The molecule has 0 bridgehead atoms. The van der Waals surface area contributed by atoms with Crippen LogP contribution in [-0.2, 0) is 13.5 Å². The first-order valence-electron chi connectivity index (χ1n) is 6.52. The molecule has 1 atom stereocenters. The van der Waals surface area contributed by atoms with Crippen molar-refractivity contribution in [1.29, 1.82) is 0 Å². The molecule has 1 heterocycles. The molecule has 1 N–H and O–H groups in total. The second-order valence-corrected chi connectivity index (χ2v) is 5.89. The minimum atomic E-state index is 0.378. The van der Waals surface area contributed by atoms with Gasteiger partial charge >= 0.3 is 0 Å². The molecule has 0 saturated heterocycles. The molecule has 2 rings (SSSR count). The Morgan fingerprint density at radius 3 is 2.84 bits per heavy atom. The lowest BCUT2D eigenvalue weighted by molar-refractivity contribution is 0.533. The van der Waals surface area contributed by atoms with E-state index in [4.69, 9.17) is 0 Å². The summed E-state index contributed by atoms with van der Waals surface area (Å²) in [6, 6.07) is 6.90. The molecule has 0 fully saturated rings. The van der Waals surface area contributed by atoms with Crippen molar-refractivity contribution in [2.45, 2.75) is 25.8 Å². The Hall–Kier alpha value is -0.880. The summed E-state index contributed by atoms with van der Waals surface area (Å²) in [5, 5.41) is 3.43. The monoisotopic (exact) mass is 369 g/mol. The smallest absolute Gasteiger partial charge is 0.108 e. The maximum absolute atomic E-state index is 4.39. The summed E-state index contributed by atoms with van der Waals surface area (Å²) >= 11 is 2.44. The van der Waals surface area contributed by atoms with Crippen molar-refractivity contribution >= 4 is 22.6 Å². The molecule has 0 radical (unpaired) electrons. The third kappa shape index (κ3) is 3.36. The average molecular weight is 369 g/mol. The lowest BCUT2D eigenvalue weighted by Gasteiger charge is -2.19. The summed E-state index contributed by atoms with van der Waals surface area (Å²) < 4.78 is 3.45. The SMILES string of the molecule is CNC(CCc1nccn1C)c1cccc(C)c1I. The van der Waals surface area contributed by atoms with Crippen molar-refractivity contribution in [2.75, 3.05) is 7.05 Å². The van der Waals surface area contributed by atoms with E-state index >= 15 is 0 Å². The molecule has 2 aromatic rings. The van der Waals surface area contributed by atoms with Crippen LogP contribution in [0.15, 0.2) is 30.6 Å². The lowest BCUT2D eigenvalue weighted by atomic mass is 10.00. The largest absolute Gasteiger partial charge is 0.338 e. The van der Waals surface area contributed by atoms with E-state index < -0.39 is 0 Å². The molecule has 3 nitrogen and oxygen atoms in total. The Labute approximate surface area is 128 Å². The van der Waals surface area contributed by atoms with Crippen LogP contribution in [0.3, 0.4) is 0 Å². The zero-order valence-electron chi connectivity index (χ0n) is 11.7. The third-order valence-corrected chi connectivity index (χ3v) is 5.00. The van der Waals surface area contributed by atoms with Crippen molar-refractivity contribution in [2.24, 2.45) is 7.05 Å². The van der Waals surface area contributed by atoms with E-state index in [2.05, 4.69) is 62.6 Å². The van der Waals surface area contributed by atoms with Gasteiger partial charge in [-0.05, 0) is 54.1 Å². The minimum absolute atomic E-state index is 0.378. The summed E-state index contributed by atoms with van der Waals surface area (Å²) in [4.78, 5) is 4.39. The second-order valence-electron chi connectivity index (χ2n) is 4.81. The van der Waals surface area contributed by atoms with Gasteiger partial charge in [0.05, 0.1) is 0 Å². The van der Waals surface area contributed by atoms with E-state index in [0.29, 0.717) is 6.04 Å². The number of benzene rings is 1. The van der Waals surface area contributed by atoms with Crippen LogP contribution in [0.5, 0.6) is 0 Å². The van der Waals surface area contributed by atoms with Gasteiger partial charge in [0, 0.05) is 35.5 Å². The van der Waals surface area contributed by atoms with Gasteiger partial charge in [-0.1, -0.05) is 18.2 Å². The van der Waals surface area contributed by atoms with E-state index in [1.165, 1.54) is 14.7 Å². The Morgan fingerprint density at radius 1 is 1.42 bits per heavy atom. The van der Waals surface area contributed by atoms with Gasteiger partial charge in [0.1, 0.15) is 5.82 Å². The molecule has 4 heteroatoms. The van der Waals surface area contributed by atoms with Gasteiger partial charge in [0.25, 0.3) is 0 Å². The molecule has 0 spiro atoms. The third-order valence-electron chi connectivity index (χ3n) is 3.52. The highest BCUT2D eigenvalue weighted by atomic mass is 127. The molecular weight excluding hydrogens is 349 g/mol. The fourth-order valence-corrected chi connectivity index (χ4v) is 3.04. The first-order valence-corrected chi connectivity index (χ1v) is 7.60. The van der Waals surface area contributed by atoms with E-state index in [1.54, 1.807) is 0 Å². The van der Waals surface area contributed by atoms with Crippen molar-refractivity contribution in [3.8, 4) is 0 Å². The predicted octanol–water partition coefficient (Wildman–Crippen LogP) is 3.23. The Kier molecular flexibility index (Phi) is 4.99. The number of imidazole rings is 1. The minimum Gasteiger partial charge on any atom is -0.338 e. The van der Waals surface area contributed by atoms with Crippen LogP contribution in [0.25, 0.3) is 0 Å². The van der Waals surface area contributed by atoms with Gasteiger partial charge in [-0.25, -0.2) is 4.98 Å². The van der Waals surface area contributed by atoms with Gasteiger partial charge in [0.15, 0.2) is 0 Å². The Bertz CT molecular complexity index is 548. The molecule has 19 heavy (non-hydrogen) atoms. The quantitative estimate of drug-likeness (QED) is 0.821. The zero-order chi connectivity index (χ0) is 13.8. The summed E-state index contributed by atoms with van der Waals surface area (Å²) in [6.07, 6.45) is 5.90. The van der Waals surface area contributed by atoms with Gasteiger partial charge < -0.3 is 9.88 Å². The number of aromatic nitrogens is 2. The lowest BCUT2D eigenvalue weighted by Crippen LogP contribution is -2.19. The summed E-state index contributed by atoms with van der Waals surface area (Å²) in [7, 11) is 4.08. The van der Waals surface area contributed by atoms with Gasteiger partial charge in [-0.3, -0.25) is 0 Å². The van der Waals surface area contributed by atoms with Crippen LogP contribution in [0, 0.1) is 10.5 Å². The standard InChI is InChI=1S/C15H20IN3/c1-11-5-4-6-12(15(11)16)13(17-2)7-8-14-18-9-10-19(14)3/h4-6,9-10,13,17H,7-8H2,1-3H3. The van der Waals surface area contributed by atoms with Crippen molar-refractivity contribution in [1.82, 2.24) is 14.9 Å². The van der Waals surface area contributed by atoms with E-state index in [9.17, 15) is 0 Å². The highest BCUT2D eigenvalue weighted by Gasteiger charge is 2.14. The highest BCUT2D eigenvalue weighted by molar-refractivity contribution is 14.1. The molecule has 1 aromatic carbocycles. The Balaban J connectivity index is 2.12. The number of hydrogen-bond donors (Lipinski definition) is 1. The maximum Gasteiger partial charge on any atom is 0.108 e. The molecule has 0 aliphatic carbocycles. The number of nitrogens with one attached hydrogen (secondary N) is 1. The number of rotatable bonds is 5. The topological polar surface area (TPSA) is 29.9 Å². The second kappa shape index (κ2) is 6.52. The average Bonchev–Trinajstić information content (AvgIpc) is 2.80. The maximum atomic E-state index is 4.39. The van der Waals surface area contributed by atoms with E-state index in [0.717, 1.165) is 18.7 Å². The zero-order valence-corrected chi connectivity index (χ0v) is 13.8. The number of nitrogens with zero attached hydrogens (tertiary/aromatic N) is 2. The van der Waals surface area contributed by atoms with Crippen LogP contribution < -0.4 is 5.32 Å². The molecule has 0 aliphatic rings. The molecule has 1 aromatic heterocycles. The summed E-state index contributed by atoms with van der Waals surface area (Å²) in [5.74, 6) is 1.14. The summed E-state index contributed by atoms with van der Waals surface area (Å²) in [5.41, 5.74) is 2.73. The molecule has 102 valence electrons. The number of aryl methyl sites for hydroxylation is 3. The van der Waals surface area contributed by atoms with Crippen LogP contribution in [0.1, 0.15) is 29.4 Å². The van der Waals surface area contributed by atoms with Crippen molar-refractivity contribution in [3.63, 3.8) is 0 Å². The van der Waals surface area contributed by atoms with E-state index in [1.807, 2.05) is 26.5 Å². The normalized spacial score (nSPS) is 12.6. The first-order chi connectivity index (χ1) is 9.13. The van der Waals surface area contributed by atoms with Gasteiger partial charge in [-0.2, -0.15) is 0 Å². The van der Waals surface area contributed by atoms with E-state index in [-0.39, 0.29) is 0 Å². The predicted molar refractivity (Wildman–Crippen MR) is 87.2 cm³/mol.